The van der Waals surface area contributed by atoms with Crippen molar-refractivity contribution in [2.24, 2.45) is 0 Å². The van der Waals surface area contributed by atoms with Crippen molar-refractivity contribution < 1.29 is 28.6 Å². The molecule has 0 amide bonds. The lowest BCUT2D eigenvalue weighted by Gasteiger charge is -2.20. The first-order chi connectivity index (χ1) is 14.1. The highest BCUT2D eigenvalue weighted by atomic mass is 16.8. The van der Waals surface area contributed by atoms with Crippen LogP contribution in [0.3, 0.4) is 0 Å². The van der Waals surface area contributed by atoms with E-state index in [1.165, 1.54) is 12.2 Å². The van der Waals surface area contributed by atoms with Gasteiger partial charge in [0.25, 0.3) is 0 Å². The standard InChI is InChI=1S/C22H23NO6/c1-3-14-26-21(24)28-20(17-10-6-5-7-11-17)16-18-12-8-9-13-19(18)23-29-22(25)27-15-4-2/h3-13,20,23H,1-2,14-16H2. The average Bonchev–Trinajstić information content (AvgIpc) is 2.75. The summed E-state index contributed by atoms with van der Waals surface area (Å²) in [7, 11) is 0. The summed E-state index contributed by atoms with van der Waals surface area (Å²) in [5.41, 5.74) is 4.66. The van der Waals surface area contributed by atoms with Crippen molar-refractivity contribution in [3.63, 3.8) is 0 Å². The Balaban J connectivity index is 2.13. The Bertz CT molecular complexity index is 821. The lowest BCUT2D eigenvalue weighted by Crippen LogP contribution is -2.17. The van der Waals surface area contributed by atoms with Crippen molar-refractivity contribution in [2.75, 3.05) is 18.7 Å². The predicted molar refractivity (Wildman–Crippen MR) is 108 cm³/mol. The van der Waals surface area contributed by atoms with E-state index in [1.807, 2.05) is 42.5 Å². The summed E-state index contributed by atoms with van der Waals surface area (Å²) < 4.78 is 15.2. The molecule has 0 radical (unpaired) electrons. The molecule has 0 fully saturated rings. The van der Waals surface area contributed by atoms with Gasteiger partial charge >= 0.3 is 12.3 Å². The van der Waals surface area contributed by atoms with Crippen LogP contribution in [0.5, 0.6) is 0 Å². The van der Waals surface area contributed by atoms with E-state index in [0.717, 1.165) is 11.1 Å². The van der Waals surface area contributed by atoms with Crippen LogP contribution in [0.2, 0.25) is 0 Å². The molecular formula is C22H23NO6. The fourth-order valence-electron chi connectivity index (χ4n) is 2.42. The third kappa shape index (κ3) is 7.42. The largest absolute Gasteiger partial charge is 0.533 e. The zero-order valence-corrected chi connectivity index (χ0v) is 15.9. The van der Waals surface area contributed by atoms with E-state index in [0.29, 0.717) is 12.1 Å². The molecule has 7 heteroatoms. The van der Waals surface area contributed by atoms with Gasteiger partial charge in [0.1, 0.15) is 19.3 Å². The van der Waals surface area contributed by atoms with Crippen LogP contribution >= 0.6 is 0 Å². The topological polar surface area (TPSA) is 83.1 Å². The Morgan fingerprint density at radius 1 is 0.897 bits per heavy atom. The van der Waals surface area contributed by atoms with Crippen LogP contribution in [0, 0.1) is 0 Å². The lowest BCUT2D eigenvalue weighted by molar-refractivity contribution is 0.0290. The zero-order chi connectivity index (χ0) is 20.9. The molecule has 152 valence electrons. The minimum Gasteiger partial charge on any atom is -0.430 e. The minimum atomic E-state index is -0.886. The maximum absolute atomic E-state index is 12.0. The number of hydrogen-bond acceptors (Lipinski definition) is 7. The fourth-order valence-corrected chi connectivity index (χ4v) is 2.42. The summed E-state index contributed by atoms with van der Waals surface area (Å²) in [6.45, 7) is 7.06. The summed E-state index contributed by atoms with van der Waals surface area (Å²) >= 11 is 0. The van der Waals surface area contributed by atoms with E-state index in [1.54, 1.807) is 12.1 Å². The first-order valence-electron chi connectivity index (χ1n) is 8.91. The maximum Gasteiger partial charge on any atom is 0.533 e. The molecule has 0 aliphatic carbocycles. The first-order valence-corrected chi connectivity index (χ1v) is 8.91. The van der Waals surface area contributed by atoms with E-state index in [2.05, 4.69) is 18.6 Å². The second-order valence-electron chi connectivity index (χ2n) is 5.78. The van der Waals surface area contributed by atoms with Crippen LogP contribution < -0.4 is 5.48 Å². The Hall–Kier alpha value is -3.74. The smallest absolute Gasteiger partial charge is 0.430 e. The number of benzene rings is 2. The minimum absolute atomic E-state index is 0.0406. The molecule has 0 heterocycles. The van der Waals surface area contributed by atoms with Gasteiger partial charge < -0.3 is 19.0 Å². The van der Waals surface area contributed by atoms with Crippen molar-refractivity contribution in [1.29, 1.82) is 0 Å². The van der Waals surface area contributed by atoms with Crippen LogP contribution in [0.15, 0.2) is 79.9 Å². The molecule has 0 aliphatic heterocycles. The molecular weight excluding hydrogens is 374 g/mol. The number of hydrogen-bond donors (Lipinski definition) is 1. The van der Waals surface area contributed by atoms with E-state index < -0.39 is 18.4 Å². The predicted octanol–water partition coefficient (Wildman–Crippen LogP) is 4.98. The molecule has 0 aromatic heterocycles. The van der Waals surface area contributed by atoms with Crippen LogP contribution in [0.4, 0.5) is 15.3 Å². The van der Waals surface area contributed by atoms with Crippen molar-refractivity contribution >= 4 is 18.0 Å². The van der Waals surface area contributed by atoms with Gasteiger partial charge in [-0.15, -0.1) is 0 Å². The van der Waals surface area contributed by atoms with Gasteiger partial charge in [-0.2, -0.15) is 0 Å². The van der Waals surface area contributed by atoms with E-state index in [9.17, 15) is 9.59 Å². The average molecular weight is 397 g/mol. The van der Waals surface area contributed by atoms with Crippen LogP contribution in [-0.4, -0.2) is 25.5 Å². The summed E-state index contributed by atoms with van der Waals surface area (Å²) in [5, 5.41) is 0. The van der Waals surface area contributed by atoms with Crippen LogP contribution in [0.25, 0.3) is 0 Å². The molecule has 2 aromatic carbocycles. The quantitative estimate of drug-likeness (QED) is 0.344. The monoisotopic (exact) mass is 397 g/mol. The Labute approximate surface area is 169 Å². The normalized spacial score (nSPS) is 10.9. The molecule has 0 spiro atoms. The number of rotatable bonds is 10. The first kappa shape index (κ1) is 21.6. The second kappa shape index (κ2) is 11.9. The summed E-state index contributed by atoms with van der Waals surface area (Å²) in [6.07, 6.45) is 0.922. The van der Waals surface area contributed by atoms with E-state index in [-0.39, 0.29) is 13.2 Å². The number of carbonyl (C=O) groups is 2. The molecule has 1 atom stereocenters. The Morgan fingerprint density at radius 3 is 2.21 bits per heavy atom. The van der Waals surface area contributed by atoms with Crippen LogP contribution in [-0.2, 0) is 25.5 Å². The zero-order valence-electron chi connectivity index (χ0n) is 15.9. The highest BCUT2D eigenvalue weighted by molar-refractivity contribution is 5.63. The van der Waals surface area contributed by atoms with Gasteiger partial charge in [0.05, 0.1) is 5.69 Å². The molecule has 0 saturated carbocycles. The molecule has 1 N–H and O–H groups in total. The molecule has 2 aromatic rings. The molecule has 29 heavy (non-hydrogen) atoms. The molecule has 0 saturated heterocycles. The molecule has 1 unspecified atom stereocenters. The number of ether oxygens (including phenoxy) is 3. The molecule has 7 nitrogen and oxygen atoms in total. The second-order valence-corrected chi connectivity index (χ2v) is 5.78. The van der Waals surface area contributed by atoms with Crippen molar-refractivity contribution in [2.45, 2.75) is 12.5 Å². The maximum atomic E-state index is 12.0. The van der Waals surface area contributed by atoms with Gasteiger partial charge in [0.15, 0.2) is 0 Å². The van der Waals surface area contributed by atoms with E-state index in [4.69, 9.17) is 19.0 Å². The molecule has 0 aliphatic rings. The Kier molecular flexibility index (Phi) is 8.82. The molecule has 0 bridgehead atoms. The summed E-state index contributed by atoms with van der Waals surface area (Å²) in [6, 6.07) is 16.4. The van der Waals surface area contributed by atoms with Gasteiger partial charge in [0.2, 0.25) is 0 Å². The summed E-state index contributed by atoms with van der Waals surface area (Å²) in [4.78, 5) is 28.4. The molecule has 2 rings (SSSR count). The fraction of sp³-hybridized carbons (Fsp3) is 0.182. The van der Waals surface area contributed by atoms with Crippen molar-refractivity contribution in [3.8, 4) is 0 Å². The third-order valence-electron chi connectivity index (χ3n) is 3.71. The van der Waals surface area contributed by atoms with Crippen molar-refractivity contribution in [1.82, 2.24) is 0 Å². The lowest BCUT2D eigenvalue weighted by atomic mass is 10.00. The Morgan fingerprint density at radius 2 is 1.52 bits per heavy atom. The highest BCUT2D eigenvalue weighted by Gasteiger charge is 2.20. The number of anilines is 1. The highest BCUT2D eigenvalue weighted by Crippen LogP contribution is 2.27. The SMILES string of the molecule is C=CCOC(=O)ONc1ccccc1CC(OC(=O)OCC=C)c1ccccc1. The van der Waals surface area contributed by atoms with Gasteiger partial charge in [-0.1, -0.05) is 73.8 Å². The van der Waals surface area contributed by atoms with Gasteiger partial charge in [-0.05, 0) is 17.2 Å². The van der Waals surface area contributed by atoms with Gasteiger partial charge in [-0.25, -0.2) is 15.1 Å². The van der Waals surface area contributed by atoms with Gasteiger partial charge in [0, 0.05) is 6.42 Å². The summed E-state index contributed by atoms with van der Waals surface area (Å²) in [5.74, 6) is 0. The van der Waals surface area contributed by atoms with Crippen LogP contribution in [0.1, 0.15) is 17.2 Å². The van der Waals surface area contributed by atoms with E-state index >= 15 is 0 Å². The number of carbonyl (C=O) groups excluding carboxylic acids is 2. The third-order valence-corrected chi connectivity index (χ3v) is 3.71. The number of para-hydroxylation sites is 1. The van der Waals surface area contributed by atoms with Crippen molar-refractivity contribution in [3.05, 3.63) is 91.0 Å². The number of nitrogens with one attached hydrogen (secondary N) is 1. The van der Waals surface area contributed by atoms with Gasteiger partial charge in [-0.3, -0.25) is 0 Å².